The monoisotopic (exact) mass is 353 g/mol. The highest BCUT2D eigenvalue weighted by Crippen LogP contribution is 2.22. The number of fused-ring (bicyclic) bond motifs is 1. The minimum Gasteiger partial charge on any atom is -0.272 e. The van der Waals surface area contributed by atoms with Crippen molar-refractivity contribution in [1.29, 1.82) is 0 Å². The average Bonchev–Trinajstić information content (AvgIpc) is 3.19. The van der Waals surface area contributed by atoms with Gasteiger partial charge < -0.3 is 0 Å². The second kappa shape index (κ2) is 6.10. The lowest BCUT2D eigenvalue weighted by Gasteiger charge is -2.12. The minimum absolute atomic E-state index is 0.183. The molecule has 1 aromatic heterocycles. The number of rotatable bonds is 4. The highest BCUT2D eigenvalue weighted by atomic mass is 35.5. The van der Waals surface area contributed by atoms with Crippen LogP contribution in [0.15, 0.2) is 48.5 Å². The van der Waals surface area contributed by atoms with E-state index >= 15 is 0 Å². The van der Waals surface area contributed by atoms with Gasteiger partial charge in [-0.15, -0.1) is 10.2 Å². The number of nitrogens with zero attached hydrogens (tertiary/aromatic N) is 5. The van der Waals surface area contributed by atoms with E-state index in [1.54, 1.807) is 48.5 Å². The van der Waals surface area contributed by atoms with Crippen LogP contribution in [-0.4, -0.2) is 43.5 Å². The Balaban J connectivity index is 1.47. The number of imide groups is 1. The van der Waals surface area contributed by atoms with Gasteiger partial charge in [-0.05, 0) is 41.6 Å². The summed E-state index contributed by atoms with van der Waals surface area (Å²) in [7, 11) is 0. The fraction of sp³-hybridized carbons (Fsp3) is 0.118. The molecule has 2 heterocycles. The second-order valence-corrected chi connectivity index (χ2v) is 5.96. The zero-order valence-electron chi connectivity index (χ0n) is 13.0. The Kier molecular flexibility index (Phi) is 3.77. The predicted octanol–water partition coefficient (Wildman–Crippen LogP) is 2.29. The molecule has 7 nitrogen and oxygen atoms in total. The van der Waals surface area contributed by atoms with Gasteiger partial charge in [0.2, 0.25) is 5.82 Å². The third kappa shape index (κ3) is 2.78. The summed E-state index contributed by atoms with van der Waals surface area (Å²) >= 11 is 5.86. The number of tetrazole rings is 1. The number of aromatic nitrogens is 4. The Morgan fingerprint density at radius 3 is 2.16 bits per heavy atom. The molecule has 0 saturated carbocycles. The zero-order valence-corrected chi connectivity index (χ0v) is 13.7. The first-order valence-corrected chi connectivity index (χ1v) is 8.00. The number of benzene rings is 2. The fourth-order valence-electron chi connectivity index (χ4n) is 2.68. The lowest BCUT2D eigenvalue weighted by atomic mass is 10.1. The lowest BCUT2D eigenvalue weighted by molar-refractivity contribution is 0.0645. The molecule has 1 aliphatic rings. The molecule has 25 heavy (non-hydrogen) atoms. The van der Waals surface area contributed by atoms with Gasteiger partial charge in [0.1, 0.15) is 0 Å². The maximum absolute atomic E-state index is 12.3. The Labute approximate surface area is 147 Å². The van der Waals surface area contributed by atoms with Crippen LogP contribution in [0.1, 0.15) is 20.7 Å². The van der Waals surface area contributed by atoms with E-state index in [4.69, 9.17) is 11.6 Å². The van der Waals surface area contributed by atoms with E-state index in [0.29, 0.717) is 22.0 Å². The van der Waals surface area contributed by atoms with Gasteiger partial charge in [0.05, 0.1) is 24.2 Å². The van der Waals surface area contributed by atoms with Crippen molar-refractivity contribution in [2.45, 2.75) is 6.54 Å². The van der Waals surface area contributed by atoms with Crippen LogP contribution < -0.4 is 0 Å². The number of hydrogen-bond donors (Lipinski definition) is 0. The van der Waals surface area contributed by atoms with Gasteiger partial charge in [0.15, 0.2) is 0 Å². The third-order valence-corrected chi connectivity index (χ3v) is 4.21. The van der Waals surface area contributed by atoms with E-state index in [1.165, 1.54) is 9.70 Å². The molecule has 0 fully saturated rings. The summed E-state index contributed by atoms with van der Waals surface area (Å²) < 4.78 is 0. The molecule has 0 bridgehead atoms. The molecular weight excluding hydrogens is 342 g/mol. The summed E-state index contributed by atoms with van der Waals surface area (Å²) in [5.74, 6) is -0.128. The Morgan fingerprint density at radius 1 is 0.880 bits per heavy atom. The molecule has 3 aromatic rings. The van der Waals surface area contributed by atoms with E-state index in [9.17, 15) is 9.59 Å². The Bertz CT molecular complexity index is 932. The summed E-state index contributed by atoms with van der Waals surface area (Å²) in [5.41, 5.74) is 1.65. The minimum atomic E-state index is -0.293. The van der Waals surface area contributed by atoms with E-state index in [2.05, 4.69) is 15.4 Å². The van der Waals surface area contributed by atoms with Gasteiger partial charge in [0, 0.05) is 10.6 Å². The number of hydrogen-bond acceptors (Lipinski definition) is 5. The van der Waals surface area contributed by atoms with Crippen molar-refractivity contribution < 1.29 is 9.59 Å². The Hall–Kier alpha value is -3.06. The Morgan fingerprint density at radius 2 is 1.52 bits per heavy atom. The van der Waals surface area contributed by atoms with Gasteiger partial charge in [-0.2, -0.15) is 4.80 Å². The molecule has 0 saturated heterocycles. The normalized spacial score (nSPS) is 13.4. The maximum Gasteiger partial charge on any atom is 0.261 e. The maximum atomic E-state index is 12.3. The molecule has 0 unspecified atom stereocenters. The van der Waals surface area contributed by atoms with Crippen LogP contribution >= 0.6 is 11.6 Å². The molecule has 1 aliphatic heterocycles. The summed E-state index contributed by atoms with van der Waals surface area (Å²) in [5, 5.41) is 12.9. The summed E-state index contributed by atoms with van der Waals surface area (Å²) in [6.07, 6.45) is 0. The molecule has 0 atom stereocenters. The van der Waals surface area contributed by atoms with Crippen LogP contribution in [0.25, 0.3) is 11.4 Å². The quantitative estimate of drug-likeness (QED) is 0.672. The van der Waals surface area contributed by atoms with Gasteiger partial charge >= 0.3 is 0 Å². The van der Waals surface area contributed by atoms with Crippen LogP contribution in [0.5, 0.6) is 0 Å². The molecule has 2 aromatic carbocycles. The molecule has 4 rings (SSSR count). The zero-order chi connectivity index (χ0) is 17.4. The van der Waals surface area contributed by atoms with Gasteiger partial charge in [0.25, 0.3) is 11.8 Å². The fourth-order valence-corrected chi connectivity index (χ4v) is 2.81. The molecular formula is C17H12ClN5O2. The largest absolute Gasteiger partial charge is 0.272 e. The van der Waals surface area contributed by atoms with E-state index < -0.39 is 0 Å². The molecule has 0 aliphatic carbocycles. The van der Waals surface area contributed by atoms with Crippen LogP contribution in [-0.2, 0) is 6.54 Å². The average molecular weight is 354 g/mol. The molecule has 0 radical (unpaired) electrons. The SMILES string of the molecule is O=C1c2ccccc2C(=O)N1CCn1nnc(-c2ccc(Cl)cc2)n1. The van der Waals surface area contributed by atoms with E-state index in [1.807, 2.05) is 0 Å². The van der Waals surface area contributed by atoms with Crippen molar-refractivity contribution >= 4 is 23.4 Å². The summed E-state index contributed by atoms with van der Waals surface area (Å²) in [6.45, 7) is 0.453. The highest BCUT2D eigenvalue weighted by molar-refractivity contribution is 6.30. The van der Waals surface area contributed by atoms with Crippen LogP contribution in [0.3, 0.4) is 0 Å². The summed E-state index contributed by atoms with van der Waals surface area (Å²) in [6, 6.07) is 13.9. The van der Waals surface area contributed by atoms with E-state index in [0.717, 1.165) is 5.56 Å². The lowest BCUT2D eigenvalue weighted by Crippen LogP contribution is -2.33. The molecule has 2 amide bonds. The van der Waals surface area contributed by atoms with Crippen LogP contribution in [0.2, 0.25) is 5.02 Å². The standard InChI is InChI=1S/C17H12ClN5O2/c18-12-7-5-11(6-8-12)15-19-21-23(20-15)10-9-22-16(24)13-3-1-2-4-14(13)17(22)25/h1-8H,9-10H2. The molecule has 124 valence electrons. The van der Waals surface area contributed by atoms with E-state index in [-0.39, 0.29) is 24.9 Å². The molecule has 0 spiro atoms. The number of carbonyl (C=O) groups excluding carboxylic acids is 2. The van der Waals surface area contributed by atoms with Crippen molar-refractivity contribution in [1.82, 2.24) is 25.1 Å². The summed E-state index contributed by atoms with van der Waals surface area (Å²) in [4.78, 5) is 27.2. The predicted molar refractivity (Wildman–Crippen MR) is 90.1 cm³/mol. The molecule has 0 N–H and O–H groups in total. The molecule has 8 heteroatoms. The van der Waals surface area contributed by atoms with Crippen molar-refractivity contribution in [3.63, 3.8) is 0 Å². The van der Waals surface area contributed by atoms with Crippen molar-refractivity contribution in [3.05, 3.63) is 64.7 Å². The number of halogens is 1. The third-order valence-electron chi connectivity index (χ3n) is 3.96. The second-order valence-electron chi connectivity index (χ2n) is 5.52. The van der Waals surface area contributed by atoms with Crippen molar-refractivity contribution in [2.24, 2.45) is 0 Å². The first-order valence-electron chi connectivity index (χ1n) is 7.62. The van der Waals surface area contributed by atoms with Gasteiger partial charge in [-0.3, -0.25) is 14.5 Å². The topological polar surface area (TPSA) is 81.0 Å². The van der Waals surface area contributed by atoms with Crippen LogP contribution in [0.4, 0.5) is 0 Å². The van der Waals surface area contributed by atoms with Crippen LogP contribution in [0, 0.1) is 0 Å². The highest BCUT2D eigenvalue weighted by Gasteiger charge is 2.34. The number of amides is 2. The van der Waals surface area contributed by atoms with Gasteiger partial charge in [-0.25, -0.2) is 0 Å². The smallest absolute Gasteiger partial charge is 0.261 e. The first kappa shape index (κ1) is 15.5. The van der Waals surface area contributed by atoms with Gasteiger partial charge in [-0.1, -0.05) is 23.7 Å². The number of carbonyl (C=O) groups is 2. The first-order chi connectivity index (χ1) is 12.1. The van der Waals surface area contributed by atoms with Crippen molar-refractivity contribution in [2.75, 3.05) is 6.54 Å². The van der Waals surface area contributed by atoms with Crippen molar-refractivity contribution in [3.8, 4) is 11.4 Å².